The molecular formula is C18H21N7O2S. The number of aromatic amines is 1. The maximum Gasteiger partial charge on any atom is 0.240 e. The van der Waals surface area contributed by atoms with Gasteiger partial charge in [-0.1, -0.05) is 36.4 Å². The summed E-state index contributed by atoms with van der Waals surface area (Å²) in [4.78, 5) is 2.01. The Bertz CT molecular complexity index is 1080. The minimum Gasteiger partial charge on any atom is -0.382 e. The van der Waals surface area contributed by atoms with Crippen LogP contribution in [-0.2, 0) is 16.6 Å². The van der Waals surface area contributed by atoms with E-state index in [0.29, 0.717) is 23.7 Å². The number of H-pyrrole nitrogens is 1. The van der Waals surface area contributed by atoms with Gasteiger partial charge in [0.05, 0.1) is 10.6 Å². The number of aromatic nitrogens is 2. The molecule has 0 saturated carbocycles. The number of hydrogen-bond acceptors (Lipinski definition) is 7. The third-order valence-electron chi connectivity index (χ3n) is 4.04. The van der Waals surface area contributed by atoms with Crippen molar-refractivity contribution in [3.05, 3.63) is 60.2 Å². The molecule has 28 heavy (non-hydrogen) atoms. The van der Waals surface area contributed by atoms with Crippen LogP contribution in [0.15, 0.2) is 69.7 Å². The molecule has 0 aliphatic rings. The van der Waals surface area contributed by atoms with Crippen molar-refractivity contribution in [2.45, 2.75) is 11.4 Å². The molecule has 0 fully saturated rings. The Kier molecular flexibility index (Phi) is 5.71. The minimum absolute atomic E-state index is 0.105. The van der Waals surface area contributed by atoms with Crippen molar-refractivity contribution in [2.24, 2.45) is 10.2 Å². The second-order valence-corrected chi connectivity index (χ2v) is 7.94. The SMILES string of the molecule is CNS(=O)(=O)c1cccc(N=Nc2c(N(C)Cc3ccccc3)n[nH]c2N)c1. The number of nitrogens with zero attached hydrogens (tertiary/aromatic N) is 4. The van der Waals surface area contributed by atoms with Crippen LogP contribution in [0.25, 0.3) is 0 Å². The highest BCUT2D eigenvalue weighted by molar-refractivity contribution is 7.89. The normalized spacial score (nSPS) is 11.8. The monoisotopic (exact) mass is 399 g/mol. The fraction of sp³-hybridized carbons (Fsp3) is 0.167. The first-order chi connectivity index (χ1) is 13.4. The summed E-state index contributed by atoms with van der Waals surface area (Å²) in [5, 5.41) is 15.3. The van der Waals surface area contributed by atoms with E-state index < -0.39 is 10.0 Å². The van der Waals surface area contributed by atoms with Gasteiger partial charge in [-0.25, -0.2) is 13.1 Å². The topological polar surface area (TPSA) is 129 Å². The van der Waals surface area contributed by atoms with Crippen molar-refractivity contribution >= 4 is 33.0 Å². The zero-order valence-electron chi connectivity index (χ0n) is 15.5. The van der Waals surface area contributed by atoms with Crippen LogP contribution in [-0.4, -0.2) is 32.7 Å². The Labute approximate surface area is 163 Å². The number of sulfonamides is 1. The molecule has 0 aliphatic carbocycles. The molecule has 0 aliphatic heterocycles. The summed E-state index contributed by atoms with van der Waals surface area (Å²) in [6, 6.07) is 16.1. The van der Waals surface area contributed by atoms with Gasteiger partial charge in [0.1, 0.15) is 5.82 Å². The summed E-state index contributed by atoms with van der Waals surface area (Å²) in [6.45, 7) is 0.615. The average molecular weight is 399 g/mol. The van der Waals surface area contributed by atoms with Gasteiger partial charge in [-0.3, -0.25) is 5.10 Å². The highest BCUT2D eigenvalue weighted by atomic mass is 32.2. The highest BCUT2D eigenvalue weighted by Gasteiger charge is 2.16. The number of nitrogens with one attached hydrogen (secondary N) is 2. The van der Waals surface area contributed by atoms with Crippen LogP contribution in [0.1, 0.15) is 5.56 Å². The van der Waals surface area contributed by atoms with Gasteiger partial charge in [0, 0.05) is 13.6 Å². The standard InChI is InChI=1S/C18H21N7O2S/c1-20-28(26,27)15-10-6-9-14(11-15)21-22-16-17(19)23-24-18(16)25(2)12-13-7-4-3-5-8-13/h3-11,20H,12H2,1-2H3,(H3,19,23,24). The van der Waals surface area contributed by atoms with Gasteiger partial charge in [0.25, 0.3) is 0 Å². The molecule has 0 spiro atoms. The van der Waals surface area contributed by atoms with E-state index in [1.165, 1.54) is 19.2 Å². The summed E-state index contributed by atoms with van der Waals surface area (Å²) >= 11 is 0. The van der Waals surface area contributed by atoms with Gasteiger partial charge in [-0.05, 0) is 30.8 Å². The summed E-state index contributed by atoms with van der Waals surface area (Å²) in [6.07, 6.45) is 0. The number of azo groups is 1. The van der Waals surface area contributed by atoms with E-state index in [-0.39, 0.29) is 10.7 Å². The second kappa shape index (κ2) is 8.19. The summed E-state index contributed by atoms with van der Waals surface area (Å²) in [7, 11) is -0.332. The number of nitrogens with two attached hydrogens (primary N) is 1. The van der Waals surface area contributed by atoms with Crippen LogP contribution in [0.4, 0.5) is 23.0 Å². The van der Waals surface area contributed by atoms with Crippen LogP contribution in [0.2, 0.25) is 0 Å². The van der Waals surface area contributed by atoms with Crippen molar-refractivity contribution < 1.29 is 8.42 Å². The van der Waals surface area contributed by atoms with Crippen molar-refractivity contribution in [1.82, 2.24) is 14.9 Å². The Balaban J connectivity index is 1.85. The molecule has 0 unspecified atom stereocenters. The van der Waals surface area contributed by atoms with Gasteiger partial charge >= 0.3 is 0 Å². The van der Waals surface area contributed by atoms with Gasteiger partial charge < -0.3 is 10.6 Å². The van der Waals surface area contributed by atoms with E-state index in [4.69, 9.17) is 5.73 Å². The third kappa shape index (κ3) is 4.35. The fourth-order valence-electron chi connectivity index (χ4n) is 2.57. The lowest BCUT2D eigenvalue weighted by Crippen LogP contribution is -2.18. The van der Waals surface area contributed by atoms with Crippen LogP contribution >= 0.6 is 0 Å². The van der Waals surface area contributed by atoms with Crippen LogP contribution < -0.4 is 15.4 Å². The molecule has 0 saturated heterocycles. The van der Waals surface area contributed by atoms with Crippen molar-refractivity contribution in [2.75, 3.05) is 24.7 Å². The first-order valence-electron chi connectivity index (χ1n) is 8.45. The maximum absolute atomic E-state index is 11.9. The van der Waals surface area contributed by atoms with E-state index in [0.717, 1.165) is 5.56 Å². The van der Waals surface area contributed by atoms with E-state index in [1.54, 1.807) is 12.1 Å². The van der Waals surface area contributed by atoms with Crippen molar-refractivity contribution in [3.63, 3.8) is 0 Å². The molecule has 0 bridgehead atoms. The molecule has 146 valence electrons. The molecular weight excluding hydrogens is 378 g/mol. The van der Waals surface area contributed by atoms with E-state index in [2.05, 4.69) is 25.1 Å². The number of rotatable bonds is 7. The molecule has 4 N–H and O–H groups in total. The van der Waals surface area contributed by atoms with E-state index in [9.17, 15) is 8.42 Å². The molecule has 0 radical (unpaired) electrons. The Morgan fingerprint density at radius 3 is 2.61 bits per heavy atom. The first-order valence-corrected chi connectivity index (χ1v) is 9.93. The quantitative estimate of drug-likeness (QED) is 0.526. The number of anilines is 2. The molecule has 3 rings (SSSR count). The molecule has 3 aromatic rings. The van der Waals surface area contributed by atoms with Crippen LogP contribution in [0.3, 0.4) is 0 Å². The Hall–Kier alpha value is -3.24. The number of nitrogen functional groups attached to an aromatic ring is 1. The molecule has 0 atom stereocenters. The molecule has 10 heteroatoms. The minimum atomic E-state index is -3.56. The maximum atomic E-state index is 11.9. The molecule has 1 heterocycles. The lowest BCUT2D eigenvalue weighted by Gasteiger charge is -2.16. The predicted octanol–water partition coefficient (Wildman–Crippen LogP) is 2.95. The summed E-state index contributed by atoms with van der Waals surface area (Å²) in [5.41, 5.74) is 7.84. The Morgan fingerprint density at radius 1 is 1.14 bits per heavy atom. The van der Waals surface area contributed by atoms with Crippen LogP contribution in [0, 0.1) is 0 Å². The average Bonchev–Trinajstić information content (AvgIpc) is 3.08. The third-order valence-corrected chi connectivity index (χ3v) is 5.45. The van der Waals surface area contributed by atoms with E-state index in [1.807, 2.05) is 42.3 Å². The lowest BCUT2D eigenvalue weighted by molar-refractivity contribution is 0.588. The number of benzene rings is 2. The zero-order chi connectivity index (χ0) is 20.1. The van der Waals surface area contributed by atoms with Crippen molar-refractivity contribution in [3.8, 4) is 0 Å². The van der Waals surface area contributed by atoms with Gasteiger partial charge in [-0.2, -0.15) is 10.2 Å². The Morgan fingerprint density at radius 2 is 1.89 bits per heavy atom. The number of hydrogen-bond donors (Lipinski definition) is 3. The van der Waals surface area contributed by atoms with Gasteiger partial charge in [-0.15, -0.1) is 5.11 Å². The molecule has 1 aromatic heterocycles. The first kappa shape index (κ1) is 19.5. The fourth-order valence-corrected chi connectivity index (χ4v) is 3.34. The van der Waals surface area contributed by atoms with Gasteiger partial charge in [0.2, 0.25) is 10.0 Å². The molecule has 2 aromatic carbocycles. The van der Waals surface area contributed by atoms with Gasteiger partial charge in [0.15, 0.2) is 11.5 Å². The highest BCUT2D eigenvalue weighted by Crippen LogP contribution is 2.33. The second-order valence-electron chi connectivity index (χ2n) is 6.06. The molecule has 0 amide bonds. The smallest absolute Gasteiger partial charge is 0.240 e. The van der Waals surface area contributed by atoms with Crippen LogP contribution in [0.5, 0.6) is 0 Å². The zero-order valence-corrected chi connectivity index (χ0v) is 16.3. The van der Waals surface area contributed by atoms with E-state index >= 15 is 0 Å². The molecule has 9 nitrogen and oxygen atoms in total. The predicted molar refractivity (Wildman–Crippen MR) is 108 cm³/mol. The summed E-state index contributed by atoms with van der Waals surface area (Å²) < 4.78 is 26.1. The summed E-state index contributed by atoms with van der Waals surface area (Å²) in [5.74, 6) is 0.821. The van der Waals surface area contributed by atoms with Crippen molar-refractivity contribution in [1.29, 1.82) is 0 Å². The lowest BCUT2D eigenvalue weighted by atomic mass is 10.2. The largest absolute Gasteiger partial charge is 0.382 e.